The molecule has 2 N–H and O–H groups in total. The highest BCUT2D eigenvalue weighted by molar-refractivity contribution is 5.51. The van der Waals surface area contributed by atoms with E-state index in [0.717, 1.165) is 25.3 Å². The van der Waals surface area contributed by atoms with Gasteiger partial charge in [-0.15, -0.1) is 0 Å². The van der Waals surface area contributed by atoms with E-state index in [1.54, 1.807) is 0 Å². The monoisotopic (exact) mass is 277 g/mol. The minimum atomic E-state index is 0.690. The summed E-state index contributed by atoms with van der Waals surface area (Å²) in [7, 11) is 0. The molecule has 3 nitrogen and oxygen atoms in total. The molecule has 0 saturated carbocycles. The predicted molar refractivity (Wildman–Crippen MR) is 88.0 cm³/mol. The molecule has 1 aromatic heterocycles. The predicted octanol–water partition coefficient (Wildman–Crippen LogP) is 3.84. The Bertz CT molecular complexity index is 391. The largest absolute Gasteiger partial charge is 0.384 e. The molecule has 3 heteroatoms. The third-order valence-electron chi connectivity index (χ3n) is 3.93. The highest BCUT2D eigenvalue weighted by Gasteiger charge is 2.17. The molecule has 0 amide bonds. The molecule has 0 radical (unpaired) electrons. The van der Waals surface area contributed by atoms with E-state index in [1.807, 2.05) is 13.1 Å². The molecule has 0 saturated heterocycles. The molecule has 0 aliphatic carbocycles. The number of aryl methyl sites for hydroxylation is 1. The van der Waals surface area contributed by atoms with E-state index in [2.05, 4.69) is 56.3 Å². The molecule has 0 aromatic carbocycles. The topological polar surface area (TPSA) is 37.0 Å². The van der Waals surface area contributed by atoms with Crippen LogP contribution in [0.5, 0.6) is 0 Å². The van der Waals surface area contributed by atoms with Crippen molar-refractivity contribution in [1.82, 2.24) is 10.3 Å². The summed E-state index contributed by atoms with van der Waals surface area (Å²) in [4.78, 5) is 4.41. The molecule has 114 valence electrons. The number of aromatic nitrogens is 1. The SMILES string of the molecule is CCNCc1cnc(C)cc1NCC(C(C)C)C(C)C. The molecule has 20 heavy (non-hydrogen) atoms. The van der Waals surface area contributed by atoms with Crippen LogP contribution in [0.4, 0.5) is 5.69 Å². The summed E-state index contributed by atoms with van der Waals surface area (Å²) in [5.74, 6) is 2.08. The lowest BCUT2D eigenvalue weighted by atomic mass is 9.85. The standard InChI is InChI=1S/C17H31N3/c1-7-18-9-15-10-19-14(6)8-17(15)20-11-16(12(2)3)13(4)5/h8,10,12-13,16,18H,7,9,11H2,1-6H3,(H,19,20). The van der Waals surface area contributed by atoms with E-state index in [-0.39, 0.29) is 0 Å². The van der Waals surface area contributed by atoms with Crippen LogP contribution in [-0.4, -0.2) is 18.1 Å². The van der Waals surface area contributed by atoms with Crippen molar-refractivity contribution in [2.75, 3.05) is 18.4 Å². The fourth-order valence-electron chi connectivity index (χ4n) is 2.62. The van der Waals surface area contributed by atoms with Gasteiger partial charge in [0.1, 0.15) is 0 Å². The van der Waals surface area contributed by atoms with Crippen molar-refractivity contribution in [2.24, 2.45) is 17.8 Å². The maximum Gasteiger partial charge on any atom is 0.0419 e. The van der Waals surface area contributed by atoms with E-state index in [0.29, 0.717) is 17.8 Å². The van der Waals surface area contributed by atoms with Crippen LogP contribution in [0.15, 0.2) is 12.3 Å². The van der Waals surface area contributed by atoms with Gasteiger partial charge in [-0.25, -0.2) is 0 Å². The third-order valence-corrected chi connectivity index (χ3v) is 3.93. The van der Waals surface area contributed by atoms with Crippen molar-refractivity contribution in [3.05, 3.63) is 23.5 Å². The van der Waals surface area contributed by atoms with E-state index in [1.165, 1.54) is 11.3 Å². The van der Waals surface area contributed by atoms with Crippen LogP contribution in [-0.2, 0) is 6.54 Å². The van der Waals surface area contributed by atoms with Crippen molar-refractivity contribution in [3.8, 4) is 0 Å². The summed E-state index contributed by atoms with van der Waals surface area (Å²) < 4.78 is 0. The van der Waals surface area contributed by atoms with Crippen LogP contribution >= 0.6 is 0 Å². The highest BCUT2D eigenvalue weighted by atomic mass is 14.9. The molecule has 0 atom stereocenters. The van der Waals surface area contributed by atoms with Crippen LogP contribution in [0.3, 0.4) is 0 Å². The average molecular weight is 277 g/mol. The van der Waals surface area contributed by atoms with Gasteiger partial charge in [0.2, 0.25) is 0 Å². The quantitative estimate of drug-likeness (QED) is 0.758. The summed E-state index contributed by atoms with van der Waals surface area (Å²) in [6.07, 6.45) is 1.99. The van der Waals surface area contributed by atoms with Crippen LogP contribution < -0.4 is 10.6 Å². The second-order valence-corrected chi connectivity index (χ2v) is 6.30. The second kappa shape index (κ2) is 8.25. The van der Waals surface area contributed by atoms with Crippen LogP contribution in [0.1, 0.15) is 45.9 Å². The Kier molecular flexibility index (Phi) is 7.00. The second-order valence-electron chi connectivity index (χ2n) is 6.30. The molecular weight excluding hydrogens is 246 g/mol. The minimum Gasteiger partial charge on any atom is -0.384 e. The zero-order valence-corrected chi connectivity index (χ0v) is 14.0. The molecule has 1 rings (SSSR count). The van der Waals surface area contributed by atoms with Crippen molar-refractivity contribution in [2.45, 2.75) is 48.1 Å². The molecular formula is C17H31N3. The number of pyridine rings is 1. The maximum absolute atomic E-state index is 4.41. The average Bonchev–Trinajstić information content (AvgIpc) is 2.37. The number of hydrogen-bond acceptors (Lipinski definition) is 3. The van der Waals surface area contributed by atoms with Gasteiger partial charge in [0.25, 0.3) is 0 Å². The van der Waals surface area contributed by atoms with Crippen LogP contribution in [0, 0.1) is 24.7 Å². The zero-order chi connectivity index (χ0) is 15.1. The number of nitrogens with zero attached hydrogens (tertiary/aromatic N) is 1. The molecule has 0 unspecified atom stereocenters. The van der Waals surface area contributed by atoms with Gasteiger partial charge in [-0.3, -0.25) is 4.98 Å². The Morgan fingerprint density at radius 1 is 1.15 bits per heavy atom. The molecule has 0 aliphatic heterocycles. The van der Waals surface area contributed by atoms with Crippen molar-refractivity contribution in [3.63, 3.8) is 0 Å². The summed E-state index contributed by atoms with van der Waals surface area (Å²) in [5, 5.41) is 7.02. The first-order valence-electron chi connectivity index (χ1n) is 7.85. The summed E-state index contributed by atoms with van der Waals surface area (Å²) in [5.41, 5.74) is 3.55. The van der Waals surface area contributed by atoms with Gasteiger partial charge < -0.3 is 10.6 Å². The minimum absolute atomic E-state index is 0.690. The molecule has 0 spiro atoms. The Hall–Kier alpha value is -1.09. The van der Waals surface area contributed by atoms with Crippen LogP contribution in [0.25, 0.3) is 0 Å². The summed E-state index contributed by atoms with van der Waals surface area (Å²) in [6.45, 7) is 16.3. The van der Waals surface area contributed by atoms with Gasteiger partial charge >= 0.3 is 0 Å². The van der Waals surface area contributed by atoms with Crippen molar-refractivity contribution < 1.29 is 0 Å². The smallest absolute Gasteiger partial charge is 0.0419 e. The molecule has 1 aromatic rings. The Labute approximate surface area is 124 Å². The van der Waals surface area contributed by atoms with E-state index in [9.17, 15) is 0 Å². The number of anilines is 1. The van der Waals surface area contributed by atoms with E-state index in [4.69, 9.17) is 0 Å². The first-order valence-corrected chi connectivity index (χ1v) is 7.85. The number of nitrogens with one attached hydrogen (secondary N) is 2. The van der Waals surface area contributed by atoms with Gasteiger partial charge in [-0.2, -0.15) is 0 Å². The first-order chi connectivity index (χ1) is 9.45. The van der Waals surface area contributed by atoms with Gasteiger partial charge in [-0.1, -0.05) is 34.6 Å². The lowest BCUT2D eigenvalue weighted by Gasteiger charge is -2.26. The summed E-state index contributed by atoms with van der Waals surface area (Å²) >= 11 is 0. The van der Waals surface area contributed by atoms with Gasteiger partial charge in [0.15, 0.2) is 0 Å². The van der Waals surface area contributed by atoms with Gasteiger partial charge in [0.05, 0.1) is 0 Å². The Balaban J connectivity index is 2.76. The zero-order valence-electron chi connectivity index (χ0n) is 14.0. The van der Waals surface area contributed by atoms with Gasteiger partial charge in [-0.05, 0) is 37.3 Å². The lowest BCUT2D eigenvalue weighted by Crippen LogP contribution is -2.25. The van der Waals surface area contributed by atoms with E-state index < -0.39 is 0 Å². The normalized spacial score (nSPS) is 11.7. The maximum atomic E-state index is 4.41. The molecule has 0 aliphatic rings. The lowest BCUT2D eigenvalue weighted by molar-refractivity contribution is 0.304. The highest BCUT2D eigenvalue weighted by Crippen LogP contribution is 2.23. The molecule has 0 fully saturated rings. The van der Waals surface area contributed by atoms with Crippen LogP contribution in [0.2, 0.25) is 0 Å². The fourth-order valence-corrected chi connectivity index (χ4v) is 2.62. The van der Waals surface area contributed by atoms with Crippen molar-refractivity contribution >= 4 is 5.69 Å². The number of hydrogen-bond donors (Lipinski definition) is 2. The van der Waals surface area contributed by atoms with Gasteiger partial charge in [0, 0.05) is 36.2 Å². The first kappa shape index (κ1) is 17.0. The summed E-state index contributed by atoms with van der Waals surface area (Å²) in [6, 6.07) is 2.16. The Morgan fingerprint density at radius 3 is 2.35 bits per heavy atom. The molecule has 0 bridgehead atoms. The fraction of sp³-hybridized carbons (Fsp3) is 0.706. The number of rotatable bonds is 8. The Morgan fingerprint density at radius 2 is 1.80 bits per heavy atom. The molecule has 1 heterocycles. The van der Waals surface area contributed by atoms with Crippen molar-refractivity contribution in [1.29, 1.82) is 0 Å². The van der Waals surface area contributed by atoms with E-state index >= 15 is 0 Å². The third kappa shape index (κ3) is 5.12.